The molecule has 0 bridgehead atoms. The lowest BCUT2D eigenvalue weighted by Crippen LogP contribution is -2.68. The van der Waals surface area contributed by atoms with Crippen LogP contribution in [-0.2, 0) is 9.32 Å². The summed E-state index contributed by atoms with van der Waals surface area (Å²) in [5.41, 5.74) is 1.79. The molecule has 40 heavy (non-hydrogen) atoms. The van der Waals surface area contributed by atoms with Gasteiger partial charge in [-0.25, -0.2) is 0 Å². The van der Waals surface area contributed by atoms with Crippen molar-refractivity contribution in [3.8, 4) is 0 Å². The fourth-order valence-electron chi connectivity index (χ4n) is 4.77. The van der Waals surface area contributed by atoms with Crippen molar-refractivity contribution in [3.05, 3.63) is 163 Å². The Morgan fingerprint density at radius 1 is 0.500 bits per heavy atom. The first-order valence-electron chi connectivity index (χ1n) is 13.2. The van der Waals surface area contributed by atoms with Gasteiger partial charge < -0.3 is 4.53 Å². The summed E-state index contributed by atoms with van der Waals surface area (Å²) in [4.78, 5) is 26.0. The van der Waals surface area contributed by atoms with E-state index in [0.29, 0.717) is 11.3 Å². The van der Waals surface area contributed by atoms with Crippen LogP contribution in [0.5, 0.6) is 0 Å². The maximum Gasteiger partial charge on any atom is 0.380 e. The lowest BCUT2D eigenvalue weighted by molar-refractivity contribution is -0.117. The number of hydrogen-bond acceptors (Lipinski definition) is 4. The van der Waals surface area contributed by atoms with E-state index in [1.54, 1.807) is 24.3 Å². The van der Waals surface area contributed by atoms with Crippen LogP contribution in [0.25, 0.3) is 0 Å². The highest BCUT2D eigenvalue weighted by Crippen LogP contribution is 2.14. The fourth-order valence-corrected chi connectivity index (χ4v) is 8.32. The van der Waals surface area contributed by atoms with E-state index in [-0.39, 0.29) is 24.4 Å². The summed E-state index contributed by atoms with van der Waals surface area (Å²) < 4.78 is 6.78. The molecule has 0 fully saturated rings. The Hall–Kier alpha value is -4.87. The molecule has 5 aromatic carbocycles. The minimum atomic E-state index is -3.12. The maximum absolute atomic E-state index is 13.2. The van der Waals surface area contributed by atoms with Crippen LogP contribution >= 0.6 is 0 Å². The summed E-state index contributed by atoms with van der Waals surface area (Å²) in [6, 6.07) is 48.9. The number of carbonyl (C=O) groups excluding carboxylic acids is 2. The lowest BCUT2D eigenvalue weighted by Gasteiger charge is -2.30. The van der Waals surface area contributed by atoms with Crippen molar-refractivity contribution in [2.75, 3.05) is 0 Å². The monoisotopic (exact) mass is 539 g/mol. The van der Waals surface area contributed by atoms with Crippen LogP contribution in [0.15, 0.2) is 157 Å². The Bertz CT molecular complexity index is 1480. The molecule has 0 aliphatic carbocycles. The molecule has 5 rings (SSSR count). The number of ketones is 2. The van der Waals surface area contributed by atoms with Crippen molar-refractivity contribution < 1.29 is 14.1 Å². The van der Waals surface area contributed by atoms with Crippen molar-refractivity contribution in [2.45, 2.75) is 12.8 Å². The predicted molar refractivity (Wildman–Crippen MR) is 163 cm³/mol. The van der Waals surface area contributed by atoms with Gasteiger partial charge >= 0.3 is 8.32 Å². The summed E-state index contributed by atoms with van der Waals surface area (Å²) >= 11 is 0. The third-order valence-corrected chi connectivity index (χ3v) is 10.6. The molecule has 0 aliphatic rings. The molecule has 0 amide bonds. The quantitative estimate of drug-likeness (QED) is 0.0571. The Balaban J connectivity index is 1.57. The number of nitrogens with zero attached hydrogens (tertiary/aromatic N) is 1. The summed E-state index contributed by atoms with van der Waals surface area (Å²) in [7, 11) is -3.12. The van der Waals surface area contributed by atoms with Gasteiger partial charge in [0, 0.05) is 5.56 Å². The third kappa shape index (κ3) is 6.06. The van der Waals surface area contributed by atoms with Gasteiger partial charge in [0.1, 0.15) is 5.78 Å². The largest absolute Gasteiger partial charge is 0.438 e. The van der Waals surface area contributed by atoms with Gasteiger partial charge in [-0.3, -0.25) is 9.59 Å². The molecule has 0 heterocycles. The van der Waals surface area contributed by atoms with Crippen molar-refractivity contribution in [3.63, 3.8) is 0 Å². The molecule has 0 saturated heterocycles. The van der Waals surface area contributed by atoms with Gasteiger partial charge in [-0.15, -0.1) is 5.16 Å². The van der Waals surface area contributed by atoms with Crippen LogP contribution in [0.2, 0.25) is 0 Å². The molecule has 0 N–H and O–H groups in total. The number of carbonyl (C=O) groups is 2. The van der Waals surface area contributed by atoms with Crippen LogP contribution in [-0.4, -0.2) is 25.6 Å². The predicted octanol–water partition coefficient (Wildman–Crippen LogP) is 5.31. The SMILES string of the molecule is O=C(CC(=O)c1ccccc1)CC(=NO[Si](c1ccccc1)(c1ccccc1)c1ccccc1)c1ccccc1. The van der Waals surface area contributed by atoms with Crippen LogP contribution < -0.4 is 15.6 Å². The van der Waals surface area contributed by atoms with E-state index in [1.165, 1.54) is 0 Å². The molecule has 4 nitrogen and oxygen atoms in total. The number of oxime groups is 1. The topological polar surface area (TPSA) is 55.7 Å². The van der Waals surface area contributed by atoms with E-state index in [9.17, 15) is 9.59 Å². The first kappa shape index (κ1) is 26.7. The number of hydrogen-bond donors (Lipinski definition) is 0. The van der Waals surface area contributed by atoms with Crippen molar-refractivity contribution in [1.82, 2.24) is 0 Å². The van der Waals surface area contributed by atoms with Gasteiger partial charge in [-0.05, 0) is 21.1 Å². The number of rotatable bonds is 11. The van der Waals surface area contributed by atoms with Crippen molar-refractivity contribution >= 4 is 41.2 Å². The summed E-state index contributed by atoms with van der Waals surface area (Å²) in [5.74, 6) is -0.424. The van der Waals surface area contributed by atoms with E-state index < -0.39 is 8.32 Å². The Morgan fingerprint density at radius 3 is 1.30 bits per heavy atom. The Labute approximate surface area is 235 Å². The molecule has 0 spiro atoms. The smallest absolute Gasteiger partial charge is 0.380 e. The first-order chi connectivity index (χ1) is 19.7. The third-order valence-electron chi connectivity index (χ3n) is 6.76. The molecule has 0 saturated carbocycles. The number of benzene rings is 5. The molecule has 0 unspecified atom stereocenters. The summed E-state index contributed by atoms with van der Waals surface area (Å²) in [6.07, 6.45) is -0.222. The highest BCUT2D eigenvalue weighted by atomic mass is 28.4. The van der Waals surface area contributed by atoms with Gasteiger partial charge in [-0.1, -0.05) is 152 Å². The van der Waals surface area contributed by atoms with Gasteiger partial charge in [-0.2, -0.15) is 0 Å². The van der Waals surface area contributed by atoms with E-state index >= 15 is 0 Å². The minimum Gasteiger partial charge on any atom is -0.438 e. The zero-order valence-corrected chi connectivity index (χ0v) is 23.0. The highest BCUT2D eigenvalue weighted by molar-refractivity contribution is 7.07. The van der Waals surface area contributed by atoms with Crippen LogP contribution in [0.4, 0.5) is 0 Å². The van der Waals surface area contributed by atoms with Crippen LogP contribution in [0.1, 0.15) is 28.8 Å². The van der Waals surface area contributed by atoms with Gasteiger partial charge in [0.05, 0.1) is 18.6 Å². The summed E-state index contributed by atoms with van der Waals surface area (Å²) in [5, 5.41) is 7.87. The van der Waals surface area contributed by atoms with Gasteiger partial charge in [0.2, 0.25) is 0 Å². The van der Waals surface area contributed by atoms with E-state index in [2.05, 4.69) is 36.4 Å². The molecular weight excluding hydrogens is 510 g/mol. The average molecular weight is 540 g/mol. The minimum absolute atomic E-state index is 0.0224. The Kier molecular flexibility index (Phi) is 8.54. The van der Waals surface area contributed by atoms with Crippen LogP contribution in [0.3, 0.4) is 0 Å². The van der Waals surface area contributed by atoms with Crippen LogP contribution in [0, 0.1) is 0 Å². The second-order valence-corrected chi connectivity index (χ2v) is 12.7. The first-order valence-corrected chi connectivity index (χ1v) is 15.1. The molecule has 5 heteroatoms. The lowest BCUT2D eigenvalue weighted by atomic mass is 10.00. The maximum atomic E-state index is 13.2. The Morgan fingerprint density at radius 2 is 0.875 bits per heavy atom. The van der Waals surface area contributed by atoms with E-state index in [4.69, 9.17) is 9.68 Å². The van der Waals surface area contributed by atoms with Gasteiger partial charge in [0.15, 0.2) is 5.78 Å². The molecule has 196 valence electrons. The standard InChI is InChI=1S/C35H29NO3Si/c37-30(27-35(38)29-18-8-2-9-19-29)26-34(28-16-6-1-7-17-28)36-39-40(31-20-10-3-11-21-31,32-22-12-4-13-23-32)33-24-14-5-15-25-33/h1-25H,26-27H2. The number of Topliss-reactive ketones (excluding diaryl/α,β-unsaturated/α-hetero) is 2. The molecule has 0 aliphatic heterocycles. The molecule has 5 aromatic rings. The van der Waals surface area contributed by atoms with Crippen molar-refractivity contribution in [1.29, 1.82) is 0 Å². The normalized spacial score (nSPS) is 11.6. The van der Waals surface area contributed by atoms with Crippen molar-refractivity contribution in [2.24, 2.45) is 5.16 Å². The summed E-state index contributed by atoms with van der Waals surface area (Å²) in [6.45, 7) is 0. The molecule has 0 aromatic heterocycles. The zero-order valence-electron chi connectivity index (χ0n) is 22.0. The van der Waals surface area contributed by atoms with E-state index in [1.807, 2.05) is 91.0 Å². The van der Waals surface area contributed by atoms with Gasteiger partial charge in [0.25, 0.3) is 0 Å². The second-order valence-electron chi connectivity index (χ2n) is 9.46. The molecule has 0 atom stereocenters. The second kappa shape index (κ2) is 12.8. The van der Waals surface area contributed by atoms with E-state index in [0.717, 1.165) is 21.1 Å². The highest BCUT2D eigenvalue weighted by Gasteiger charge is 2.45. The molecule has 0 radical (unpaired) electrons. The zero-order chi connectivity index (χ0) is 27.6. The molecular formula is C35H29NO3Si. The average Bonchev–Trinajstić information content (AvgIpc) is 3.03. The fraction of sp³-hybridized carbons (Fsp3) is 0.0571.